The zero-order valence-corrected chi connectivity index (χ0v) is 17.5. The van der Waals surface area contributed by atoms with Crippen molar-refractivity contribution in [2.75, 3.05) is 5.32 Å². The van der Waals surface area contributed by atoms with E-state index < -0.39 is 0 Å². The molecule has 29 heavy (non-hydrogen) atoms. The van der Waals surface area contributed by atoms with Crippen molar-refractivity contribution < 1.29 is 4.74 Å². The van der Waals surface area contributed by atoms with Crippen LogP contribution in [-0.4, -0.2) is 0 Å². The van der Waals surface area contributed by atoms with Gasteiger partial charge in [-0.25, -0.2) is 0 Å². The summed E-state index contributed by atoms with van der Waals surface area (Å²) in [6, 6.07) is 26.8. The topological polar surface area (TPSA) is 21.3 Å². The molecule has 0 radical (unpaired) electrons. The fraction of sp³-hybridized carbons (Fsp3) is 0.154. The number of rotatable bonds is 6. The maximum atomic E-state index is 6.30. The van der Waals surface area contributed by atoms with E-state index >= 15 is 0 Å². The van der Waals surface area contributed by atoms with Gasteiger partial charge in [0.2, 0.25) is 0 Å². The van der Waals surface area contributed by atoms with Gasteiger partial charge in [-0.1, -0.05) is 66.2 Å². The second kappa shape index (κ2) is 8.59. The molecule has 0 saturated heterocycles. The van der Waals surface area contributed by atoms with Gasteiger partial charge in [-0.05, 0) is 60.0 Å². The molecule has 4 rings (SSSR count). The number of halogens is 1. The Balaban J connectivity index is 1.63. The van der Waals surface area contributed by atoms with Crippen LogP contribution in [0.4, 0.5) is 5.69 Å². The van der Waals surface area contributed by atoms with Gasteiger partial charge in [0.25, 0.3) is 0 Å². The smallest absolute Gasteiger partial charge is 0.125 e. The first-order valence-electron chi connectivity index (χ1n) is 9.80. The molecule has 4 aromatic rings. The number of benzene rings is 4. The van der Waals surface area contributed by atoms with E-state index in [9.17, 15) is 0 Å². The molecule has 0 amide bonds. The Kier molecular flexibility index (Phi) is 5.73. The van der Waals surface area contributed by atoms with Gasteiger partial charge < -0.3 is 10.1 Å². The number of anilines is 1. The average Bonchev–Trinajstić information content (AvgIpc) is 2.74. The van der Waals surface area contributed by atoms with Gasteiger partial charge in [0.15, 0.2) is 0 Å². The molecule has 146 valence electrons. The lowest BCUT2D eigenvalue weighted by atomic mass is 10.0. The Labute approximate surface area is 177 Å². The van der Waals surface area contributed by atoms with E-state index in [1.165, 1.54) is 21.9 Å². The first-order chi connectivity index (χ1) is 14.1. The molecule has 3 heteroatoms. The minimum atomic E-state index is 0.439. The molecule has 0 spiro atoms. The predicted molar refractivity (Wildman–Crippen MR) is 123 cm³/mol. The zero-order chi connectivity index (χ0) is 20.2. The summed E-state index contributed by atoms with van der Waals surface area (Å²) in [5.41, 5.74) is 5.81. The second-order valence-corrected chi connectivity index (χ2v) is 7.70. The zero-order valence-electron chi connectivity index (χ0n) is 16.7. The van der Waals surface area contributed by atoms with E-state index in [0.717, 1.165) is 27.6 Å². The van der Waals surface area contributed by atoms with Crippen LogP contribution in [0.2, 0.25) is 5.02 Å². The number of hydrogen-bond acceptors (Lipinski definition) is 2. The number of hydrogen-bond donors (Lipinski definition) is 1. The Hall–Kier alpha value is -2.97. The lowest BCUT2D eigenvalue weighted by Crippen LogP contribution is -2.05. The molecule has 0 bridgehead atoms. The third-order valence-corrected chi connectivity index (χ3v) is 5.68. The second-order valence-electron chi connectivity index (χ2n) is 7.30. The Bertz CT molecular complexity index is 1150. The van der Waals surface area contributed by atoms with E-state index in [4.69, 9.17) is 16.3 Å². The fourth-order valence-electron chi connectivity index (χ4n) is 3.45. The maximum Gasteiger partial charge on any atom is 0.125 e. The van der Waals surface area contributed by atoms with Crippen LogP contribution in [0, 0.1) is 13.8 Å². The van der Waals surface area contributed by atoms with Crippen molar-refractivity contribution in [3.05, 3.63) is 106 Å². The Morgan fingerprint density at radius 2 is 1.62 bits per heavy atom. The van der Waals surface area contributed by atoms with Gasteiger partial charge in [-0.3, -0.25) is 0 Å². The minimum absolute atomic E-state index is 0.439. The highest BCUT2D eigenvalue weighted by molar-refractivity contribution is 6.31. The summed E-state index contributed by atoms with van der Waals surface area (Å²) in [5, 5.41) is 6.69. The van der Waals surface area contributed by atoms with Crippen molar-refractivity contribution in [1.82, 2.24) is 0 Å². The average molecular weight is 402 g/mol. The van der Waals surface area contributed by atoms with E-state index in [2.05, 4.69) is 73.8 Å². The first-order valence-corrected chi connectivity index (χ1v) is 10.2. The van der Waals surface area contributed by atoms with Crippen LogP contribution in [0.15, 0.2) is 78.9 Å². The summed E-state index contributed by atoms with van der Waals surface area (Å²) in [6.45, 7) is 5.39. The van der Waals surface area contributed by atoms with Crippen molar-refractivity contribution in [1.29, 1.82) is 0 Å². The third kappa shape index (κ3) is 4.38. The Morgan fingerprint density at radius 3 is 2.45 bits per heavy atom. The van der Waals surface area contributed by atoms with Gasteiger partial charge in [0.1, 0.15) is 12.4 Å². The van der Waals surface area contributed by atoms with Gasteiger partial charge >= 0.3 is 0 Å². The maximum absolute atomic E-state index is 6.30. The summed E-state index contributed by atoms with van der Waals surface area (Å²) in [4.78, 5) is 0. The van der Waals surface area contributed by atoms with Crippen LogP contribution in [0.1, 0.15) is 22.3 Å². The van der Waals surface area contributed by atoms with Gasteiger partial charge in [-0.2, -0.15) is 0 Å². The summed E-state index contributed by atoms with van der Waals surface area (Å²) in [6.07, 6.45) is 0. The summed E-state index contributed by atoms with van der Waals surface area (Å²) in [7, 11) is 0. The van der Waals surface area contributed by atoms with Crippen molar-refractivity contribution in [3.63, 3.8) is 0 Å². The number of ether oxygens (including phenoxy) is 1. The van der Waals surface area contributed by atoms with Crippen LogP contribution in [0.3, 0.4) is 0 Å². The van der Waals surface area contributed by atoms with Crippen LogP contribution < -0.4 is 10.1 Å². The van der Waals surface area contributed by atoms with E-state index in [0.29, 0.717) is 13.2 Å². The summed E-state index contributed by atoms with van der Waals surface area (Å²) < 4.78 is 6.22. The normalized spacial score (nSPS) is 10.9. The molecule has 0 saturated carbocycles. The number of nitrogens with one attached hydrogen (secondary N) is 1. The lowest BCUT2D eigenvalue weighted by Gasteiger charge is -2.16. The molecule has 2 nitrogen and oxygen atoms in total. The summed E-state index contributed by atoms with van der Waals surface area (Å²) >= 11 is 6.30. The van der Waals surface area contributed by atoms with Crippen LogP contribution in [0.5, 0.6) is 5.75 Å². The third-order valence-electron chi connectivity index (χ3n) is 5.31. The van der Waals surface area contributed by atoms with Crippen molar-refractivity contribution in [2.45, 2.75) is 27.0 Å². The SMILES string of the molecule is Cc1ccc(NCc2c(OCc3ccccc3Cl)ccc3ccccc23)cc1C. The van der Waals surface area contributed by atoms with Crippen molar-refractivity contribution in [2.24, 2.45) is 0 Å². The van der Waals surface area contributed by atoms with Crippen molar-refractivity contribution >= 4 is 28.1 Å². The Morgan fingerprint density at radius 1 is 0.828 bits per heavy atom. The number of aryl methyl sites for hydroxylation is 2. The molecule has 1 N–H and O–H groups in total. The van der Waals surface area contributed by atoms with Gasteiger partial charge in [0, 0.05) is 28.4 Å². The molecular formula is C26H24ClNO. The fourth-order valence-corrected chi connectivity index (χ4v) is 3.64. The number of fused-ring (bicyclic) bond motifs is 1. The van der Waals surface area contributed by atoms with Crippen LogP contribution in [0.25, 0.3) is 10.8 Å². The summed E-state index contributed by atoms with van der Waals surface area (Å²) in [5.74, 6) is 0.875. The molecule has 4 aromatic carbocycles. The molecule has 0 aliphatic rings. The quantitative estimate of drug-likeness (QED) is 0.366. The standard InChI is InChI=1S/C26H24ClNO/c1-18-11-13-22(15-19(18)2)28-16-24-23-9-5-3-7-20(23)12-14-26(24)29-17-21-8-4-6-10-25(21)27/h3-15,28H,16-17H2,1-2H3. The molecule has 0 aliphatic carbocycles. The van der Waals surface area contributed by atoms with Crippen molar-refractivity contribution in [3.8, 4) is 5.75 Å². The van der Waals surface area contributed by atoms with E-state index in [1.54, 1.807) is 0 Å². The monoisotopic (exact) mass is 401 g/mol. The highest BCUT2D eigenvalue weighted by Crippen LogP contribution is 2.30. The molecule has 0 aliphatic heterocycles. The molecule has 0 atom stereocenters. The first kappa shape index (κ1) is 19.4. The largest absolute Gasteiger partial charge is 0.488 e. The predicted octanol–water partition coefficient (Wildman–Crippen LogP) is 7.30. The van der Waals surface area contributed by atoms with E-state index in [-0.39, 0.29) is 0 Å². The minimum Gasteiger partial charge on any atom is -0.488 e. The lowest BCUT2D eigenvalue weighted by molar-refractivity contribution is 0.304. The molecular weight excluding hydrogens is 378 g/mol. The molecule has 0 fully saturated rings. The van der Waals surface area contributed by atoms with Crippen LogP contribution >= 0.6 is 11.6 Å². The highest BCUT2D eigenvalue weighted by Gasteiger charge is 2.10. The van der Waals surface area contributed by atoms with E-state index in [1.807, 2.05) is 24.3 Å². The molecule has 0 heterocycles. The van der Waals surface area contributed by atoms with Crippen LogP contribution in [-0.2, 0) is 13.2 Å². The molecule has 0 unspecified atom stereocenters. The highest BCUT2D eigenvalue weighted by atomic mass is 35.5. The molecule has 0 aromatic heterocycles. The van der Waals surface area contributed by atoms with Gasteiger partial charge in [-0.15, -0.1) is 0 Å². The van der Waals surface area contributed by atoms with Gasteiger partial charge in [0.05, 0.1) is 0 Å².